The van der Waals surface area contributed by atoms with Gasteiger partial charge in [-0.2, -0.15) is 0 Å². The van der Waals surface area contributed by atoms with E-state index >= 15 is 4.39 Å². The Balaban J connectivity index is 1.82. The third kappa shape index (κ3) is 3.04. The lowest BCUT2D eigenvalue weighted by Crippen LogP contribution is -2.37. The molecule has 1 aliphatic carbocycles. The zero-order valence-electron chi connectivity index (χ0n) is 13.1. The molecule has 1 aromatic heterocycles. The van der Waals surface area contributed by atoms with E-state index < -0.39 is 35.0 Å². The first kappa shape index (κ1) is 17.5. The molecule has 0 fully saturated rings. The number of hydrogen-bond donors (Lipinski definition) is 1. The molecule has 3 nitrogen and oxygen atoms in total. The molecular weight excluding hydrogens is 338 g/mol. The van der Waals surface area contributed by atoms with Crippen LogP contribution in [0.2, 0.25) is 0 Å². The summed E-state index contributed by atoms with van der Waals surface area (Å²) in [6, 6.07) is 4.65. The summed E-state index contributed by atoms with van der Waals surface area (Å²) in [6.07, 6.45) is -0.377. The van der Waals surface area contributed by atoms with Crippen LogP contribution in [0.3, 0.4) is 0 Å². The second-order valence-corrected chi connectivity index (χ2v) is 6.05. The van der Waals surface area contributed by atoms with Crippen molar-refractivity contribution in [2.75, 3.05) is 0 Å². The van der Waals surface area contributed by atoms with Gasteiger partial charge in [0.2, 0.25) is 0 Å². The van der Waals surface area contributed by atoms with Gasteiger partial charge in [0, 0.05) is 18.2 Å². The van der Waals surface area contributed by atoms with Crippen LogP contribution in [0, 0.1) is 17.5 Å². The molecule has 1 aliphatic rings. The molecule has 1 heterocycles. The van der Waals surface area contributed by atoms with Gasteiger partial charge in [-0.05, 0) is 37.0 Å². The fourth-order valence-corrected chi connectivity index (χ4v) is 3.12. The van der Waals surface area contributed by atoms with Crippen molar-refractivity contribution in [3.8, 4) is 0 Å². The molecule has 1 aromatic carbocycles. The largest absolute Gasteiger partial charge is 0.387 e. The summed E-state index contributed by atoms with van der Waals surface area (Å²) >= 11 is 0. The fourth-order valence-electron chi connectivity index (χ4n) is 3.12. The lowest BCUT2D eigenvalue weighted by Gasteiger charge is -2.32. The molecular formula is C18H15F4NO2. The van der Waals surface area contributed by atoms with Gasteiger partial charge in [0.1, 0.15) is 0 Å². The van der Waals surface area contributed by atoms with Crippen molar-refractivity contribution in [2.45, 2.75) is 37.5 Å². The van der Waals surface area contributed by atoms with Crippen LogP contribution in [-0.4, -0.2) is 15.9 Å². The number of rotatable bonds is 4. The summed E-state index contributed by atoms with van der Waals surface area (Å²) < 4.78 is 55.2. The van der Waals surface area contributed by atoms with Gasteiger partial charge in [-0.25, -0.2) is 17.6 Å². The van der Waals surface area contributed by atoms with Crippen LogP contribution in [-0.2, 0) is 16.9 Å². The number of ketones is 1. The second kappa shape index (κ2) is 6.55. The van der Waals surface area contributed by atoms with Crippen molar-refractivity contribution in [3.05, 3.63) is 64.7 Å². The maximum Gasteiger partial charge on any atom is 0.195 e. The third-order valence-corrected chi connectivity index (χ3v) is 4.52. The first-order chi connectivity index (χ1) is 11.8. The van der Waals surface area contributed by atoms with Crippen molar-refractivity contribution >= 4 is 5.78 Å². The number of halogens is 4. The Labute approximate surface area is 141 Å². The lowest BCUT2D eigenvalue weighted by atomic mass is 9.77. The topological polar surface area (TPSA) is 50.2 Å². The van der Waals surface area contributed by atoms with Crippen molar-refractivity contribution in [1.82, 2.24) is 4.98 Å². The predicted molar refractivity (Wildman–Crippen MR) is 80.9 cm³/mol. The number of fused-ring (bicyclic) bond motifs is 1. The highest BCUT2D eigenvalue weighted by Gasteiger charge is 2.45. The average molecular weight is 353 g/mol. The van der Waals surface area contributed by atoms with Crippen LogP contribution in [0.15, 0.2) is 30.5 Å². The molecule has 0 unspecified atom stereocenters. The standard InChI is InChI=1S/C18H15F4NO2/c19-12-5-3-10(15(20)16(12)21)4-6-14(25)18(22)8-7-13(24)17-11(18)2-1-9-23-17/h1-3,5,9,13,24H,4,6-8H2/t13-,18-/m0/s1. The molecule has 25 heavy (non-hydrogen) atoms. The molecule has 0 saturated heterocycles. The number of pyridine rings is 1. The van der Waals surface area contributed by atoms with Crippen molar-refractivity contribution < 1.29 is 27.5 Å². The number of aliphatic hydroxyl groups is 1. The number of aromatic nitrogens is 1. The first-order valence-corrected chi connectivity index (χ1v) is 7.82. The molecule has 0 bridgehead atoms. The highest BCUT2D eigenvalue weighted by atomic mass is 19.2. The summed E-state index contributed by atoms with van der Waals surface area (Å²) in [4.78, 5) is 16.4. The zero-order chi connectivity index (χ0) is 18.2. The van der Waals surface area contributed by atoms with E-state index in [-0.39, 0.29) is 42.5 Å². The van der Waals surface area contributed by atoms with Gasteiger partial charge in [-0.15, -0.1) is 0 Å². The van der Waals surface area contributed by atoms with Gasteiger partial charge in [-0.3, -0.25) is 9.78 Å². The Morgan fingerprint density at radius 1 is 1.24 bits per heavy atom. The molecule has 7 heteroatoms. The van der Waals surface area contributed by atoms with E-state index in [0.29, 0.717) is 0 Å². The summed E-state index contributed by atoms with van der Waals surface area (Å²) in [7, 11) is 0. The molecule has 0 aliphatic heterocycles. The Morgan fingerprint density at radius 3 is 2.76 bits per heavy atom. The van der Waals surface area contributed by atoms with Crippen LogP contribution in [0.1, 0.15) is 42.2 Å². The van der Waals surface area contributed by atoms with E-state index in [0.717, 1.165) is 12.1 Å². The van der Waals surface area contributed by atoms with Crippen LogP contribution in [0.5, 0.6) is 0 Å². The second-order valence-electron chi connectivity index (χ2n) is 6.05. The Bertz CT molecular complexity index is 827. The number of aryl methyl sites for hydroxylation is 1. The van der Waals surface area contributed by atoms with Gasteiger partial charge < -0.3 is 5.11 Å². The number of alkyl halides is 1. The molecule has 3 rings (SSSR count). The lowest BCUT2D eigenvalue weighted by molar-refractivity contribution is -0.133. The molecule has 132 valence electrons. The Morgan fingerprint density at radius 2 is 2.00 bits per heavy atom. The number of carbonyl (C=O) groups excluding carboxylic acids is 1. The highest BCUT2D eigenvalue weighted by molar-refractivity contribution is 5.89. The predicted octanol–water partition coefficient (Wildman–Crippen LogP) is 3.69. The number of hydrogen-bond acceptors (Lipinski definition) is 3. The van der Waals surface area contributed by atoms with E-state index in [9.17, 15) is 23.1 Å². The van der Waals surface area contributed by atoms with Crippen molar-refractivity contribution in [3.63, 3.8) is 0 Å². The maximum absolute atomic E-state index is 15.4. The van der Waals surface area contributed by atoms with E-state index in [1.54, 1.807) is 0 Å². The quantitative estimate of drug-likeness (QED) is 0.674. The number of benzene rings is 1. The monoisotopic (exact) mass is 353 g/mol. The number of carbonyl (C=O) groups is 1. The SMILES string of the molecule is O=C(CCc1ccc(F)c(F)c1F)[C@]1(F)CC[C@H](O)c2ncccc21. The smallest absolute Gasteiger partial charge is 0.195 e. The molecule has 0 saturated carbocycles. The summed E-state index contributed by atoms with van der Waals surface area (Å²) in [5.41, 5.74) is -2.41. The summed E-state index contributed by atoms with van der Waals surface area (Å²) in [5.74, 6) is -5.12. The van der Waals surface area contributed by atoms with Crippen LogP contribution in [0.25, 0.3) is 0 Å². The molecule has 0 amide bonds. The third-order valence-electron chi connectivity index (χ3n) is 4.52. The molecule has 0 radical (unpaired) electrons. The van der Waals surface area contributed by atoms with Crippen molar-refractivity contribution in [2.24, 2.45) is 0 Å². The van der Waals surface area contributed by atoms with Gasteiger partial charge in [0.25, 0.3) is 0 Å². The summed E-state index contributed by atoms with van der Waals surface area (Å²) in [5, 5.41) is 9.91. The number of aliphatic hydroxyl groups excluding tert-OH is 1. The van der Waals surface area contributed by atoms with E-state index in [2.05, 4.69) is 4.98 Å². The fraction of sp³-hybridized carbons (Fsp3) is 0.333. The number of nitrogens with zero attached hydrogens (tertiary/aromatic N) is 1. The van der Waals surface area contributed by atoms with Gasteiger partial charge >= 0.3 is 0 Å². The van der Waals surface area contributed by atoms with Gasteiger partial charge in [0.05, 0.1) is 11.8 Å². The Kier molecular flexibility index (Phi) is 4.60. The number of Topliss-reactive ketones (excluding diaryl/α,β-unsaturated/α-hetero) is 1. The molecule has 1 N–H and O–H groups in total. The normalized spacial score (nSPS) is 22.5. The van der Waals surface area contributed by atoms with Gasteiger partial charge in [-0.1, -0.05) is 12.1 Å². The Hall–Kier alpha value is -2.28. The van der Waals surface area contributed by atoms with E-state index in [1.165, 1.54) is 18.3 Å². The van der Waals surface area contributed by atoms with Crippen molar-refractivity contribution in [1.29, 1.82) is 0 Å². The zero-order valence-corrected chi connectivity index (χ0v) is 13.1. The van der Waals surface area contributed by atoms with Crippen LogP contribution in [0.4, 0.5) is 17.6 Å². The summed E-state index contributed by atoms with van der Waals surface area (Å²) in [6.45, 7) is 0. The van der Waals surface area contributed by atoms with E-state index in [4.69, 9.17) is 0 Å². The van der Waals surface area contributed by atoms with Crippen LogP contribution >= 0.6 is 0 Å². The first-order valence-electron chi connectivity index (χ1n) is 7.82. The average Bonchev–Trinajstić information content (AvgIpc) is 2.62. The minimum atomic E-state index is -2.34. The minimum Gasteiger partial charge on any atom is -0.387 e. The van der Waals surface area contributed by atoms with E-state index in [1.807, 2.05) is 0 Å². The van der Waals surface area contributed by atoms with Gasteiger partial charge in [0.15, 0.2) is 28.9 Å². The molecule has 2 aromatic rings. The molecule has 0 spiro atoms. The minimum absolute atomic E-state index is 0.00417. The van der Waals surface area contributed by atoms with Crippen LogP contribution < -0.4 is 0 Å². The highest BCUT2D eigenvalue weighted by Crippen LogP contribution is 2.43. The molecule has 2 atom stereocenters. The maximum atomic E-state index is 15.4.